The van der Waals surface area contributed by atoms with Crippen LogP contribution in [-0.4, -0.2) is 53.3 Å². The number of unbranched alkanes of at least 4 members (excludes halogenated alkanes) is 2. The van der Waals surface area contributed by atoms with Gasteiger partial charge in [-0.15, -0.1) is 0 Å². The van der Waals surface area contributed by atoms with E-state index in [0.717, 1.165) is 45.3 Å². The van der Waals surface area contributed by atoms with Gasteiger partial charge in [-0.05, 0) is 55.9 Å². The zero-order valence-electron chi connectivity index (χ0n) is 21.2. The standard InChI is InChI=1S/C29H39FN4O/c1-3-4-7-14-29(28-25(18-21(2)33-29)24-9-5-6-10-26(24)32-28)22-11-12-27(31-19-22)35-23-13-17-34(20-23)16-8-15-30/h5-6,9-12,19,21,23,32-33H,3-4,7-8,13-18,20H2,1-2H3/t21?,23-,29?/m1/s1. The molecule has 2 aliphatic rings. The number of alkyl halides is 1. The van der Waals surface area contributed by atoms with Crippen LogP contribution in [-0.2, 0) is 12.0 Å². The van der Waals surface area contributed by atoms with E-state index < -0.39 is 0 Å². The number of likely N-dealkylation sites (tertiary alicyclic amines) is 1. The number of hydrogen-bond acceptors (Lipinski definition) is 4. The predicted molar refractivity (Wildman–Crippen MR) is 140 cm³/mol. The van der Waals surface area contributed by atoms with Crippen LogP contribution in [0.5, 0.6) is 5.88 Å². The first-order chi connectivity index (χ1) is 17.1. The fraction of sp³-hybridized carbons (Fsp3) is 0.552. The number of aromatic amines is 1. The number of pyridine rings is 1. The Kier molecular flexibility index (Phi) is 7.40. The second-order valence-electron chi connectivity index (χ2n) is 10.4. The largest absolute Gasteiger partial charge is 0.473 e. The first-order valence-electron chi connectivity index (χ1n) is 13.4. The lowest BCUT2D eigenvalue weighted by molar-refractivity contribution is 0.191. The molecule has 1 saturated heterocycles. The van der Waals surface area contributed by atoms with Crippen LogP contribution < -0.4 is 10.1 Å². The molecule has 2 aromatic heterocycles. The van der Waals surface area contributed by atoms with E-state index in [1.807, 2.05) is 12.3 Å². The second kappa shape index (κ2) is 10.7. The van der Waals surface area contributed by atoms with Crippen LogP contribution in [0.25, 0.3) is 10.9 Å². The predicted octanol–water partition coefficient (Wildman–Crippen LogP) is 5.73. The van der Waals surface area contributed by atoms with E-state index in [4.69, 9.17) is 9.72 Å². The molecule has 0 saturated carbocycles. The van der Waals surface area contributed by atoms with Gasteiger partial charge < -0.3 is 9.72 Å². The van der Waals surface area contributed by atoms with Crippen LogP contribution in [0.15, 0.2) is 42.6 Å². The SMILES string of the molecule is CCCCCC1(c2ccc(O[C@@H]3CCN(CCCF)C3)nc2)NC(C)Cc2c1[nH]c1ccccc21. The Bertz CT molecular complexity index is 1110. The number of aromatic nitrogens is 2. The lowest BCUT2D eigenvalue weighted by Crippen LogP contribution is -2.52. The monoisotopic (exact) mass is 478 g/mol. The summed E-state index contributed by atoms with van der Waals surface area (Å²) in [6.07, 6.45) is 9.30. The Balaban J connectivity index is 1.42. The number of rotatable bonds is 10. The zero-order chi connectivity index (χ0) is 24.3. The molecule has 188 valence electrons. The van der Waals surface area contributed by atoms with Crippen molar-refractivity contribution in [3.63, 3.8) is 0 Å². The molecule has 0 amide bonds. The second-order valence-corrected chi connectivity index (χ2v) is 10.4. The molecule has 2 N–H and O–H groups in total. The summed E-state index contributed by atoms with van der Waals surface area (Å²) < 4.78 is 18.7. The third-order valence-corrected chi connectivity index (χ3v) is 7.75. The third-order valence-electron chi connectivity index (χ3n) is 7.75. The summed E-state index contributed by atoms with van der Waals surface area (Å²) in [5.41, 5.74) is 4.84. The van der Waals surface area contributed by atoms with Gasteiger partial charge in [-0.1, -0.05) is 44.4 Å². The quantitative estimate of drug-likeness (QED) is 0.365. The molecule has 0 spiro atoms. The van der Waals surface area contributed by atoms with E-state index in [1.54, 1.807) is 0 Å². The summed E-state index contributed by atoms with van der Waals surface area (Å²) in [6.45, 7) is 6.91. The van der Waals surface area contributed by atoms with Crippen LogP contribution >= 0.6 is 0 Å². The minimum absolute atomic E-state index is 0.125. The normalized spacial score (nSPS) is 24.7. The van der Waals surface area contributed by atoms with Gasteiger partial charge in [0.2, 0.25) is 5.88 Å². The maximum Gasteiger partial charge on any atom is 0.213 e. The number of ether oxygens (including phenoxy) is 1. The highest BCUT2D eigenvalue weighted by Crippen LogP contribution is 2.43. The minimum Gasteiger partial charge on any atom is -0.473 e. The summed E-state index contributed by atoms with van der Waals surface area (Å²) in [5, 5.41) is 5.33. The van der Waals surface area contributed by atoms with Crippen molar-refractivity contribution in [1.29, 1.82) is 0 Å². The van der Waals surface area contributed by atoms with Crippen molar-refractivity contribution in [2.24, 2.45) is 0 Å². The average molecular weight is 479 g/mol. The van der Waals surface area contributed by atoms with Gasteiger partial charge in [-0.2, -0.15) is 0 Å². The Labute approximate surface area is 208 Å². The van der Waals surface area contributed by atoms with Gasteiger partial charge in [0, 0.05) is 54.5 Å². The van der Waals surface area contributed by atoms with Crippen LogP contribution in [0.3, 0.4) is 0 Å². The van der Waals surface area contributed by atoms with Crippen molar-refractivity contribution in [1.82, 2.24) is 20.2 Å². The van der Waals surface area contributed by atoms with Gasteiger partial charge in [-0.25, -0.2) is 4.98 Å². The molecule has 3 atom stereocenters. The molecular formula is C29H39FN4O. The van der Waals surface area contributed by atoms with Crippen molar-refractivity contribution in [3.8, 4) is 5.88 Å². The molecule has 0 bridgehead atoms. The number of para-hydroxylation sites is 1. The van der Waals surface area contributed by atoms with E-state index in [1.165, 1.54) is 40.6 Å². The molecule has 2 unspecified atom stereocenters. The molecule has 6 heteroatoms. The summed E-state index contributed by atoms with van der Waals surface area (Å²) in [6, 6.07) is 13.3. The number of benzene rings is 1. The highest BCUT2D eigenvalue weighted by Gasteiger charge is 2.42. The maximum atomic E-state index is 12.5. The van der Waals surface area contributed by atoms with Gasteiger partial charge in [0.1, 0.15) is 6.10 Å². The van der Waals surface area contributed by atoms with Crippen LogP contribution in [0.1, 0.15) is 69.2 Å². The fourth-order valence-electron chi connectivity index (χ4n) is 6.09. The van der Waals surface area contributed by atoms with Crippen molar-refractivity contribution >= 4 is 10.9 Å². The number of nitrogens with one attached hydrogen (secondary N) is 2. The van der Waals surface area contributed by atoms with Crippen LogP contribution in [0, 0.1) is 0 Å². The van der Waals surface area contributed by atoms with Crippen molar-refractivity contribution in [3.05, 3.63) is 59.4 Å². The third kappa shape index (κ3) is 4.96. The fourth-order valence-corrected chi connectivity index (χ4v) is 6.09. The molecular weight excluding hydrogens is 439 g/mol. The van der Waals surface area contributed by atoms with E-state index in [0.29, 0.717) is 18.3 Å². The number of fused-ring (bicyclic) bond motifs is 3. The average Bonchev–Trinajstić information content (AvgIpc) is 3.48. The Morgan fingerprint density at radius 1 is 1.17 bits per heavy atom. The van der Waals surface area contributed by atoms with Gasteiger partial charge in [0.05, 0.1) is 12.2 Å². The number of halogens is 1. The van der Waals surface area contributed by atoms with Gasteiger partial charge in [0.25, 0.3) is 0 Å². The zero-order valence-corrected chi connectivity index (χ0v) is 21.2. The first-order valence-corrected chi connectivity index (χ1v) is 13.4. The number of nitrogens with zero attached hydrogens (tertiary/aromatic N) is 2. The van der Waals surface area contributed by atoms with Crippen molar-refractivity contribution < 1.29 is 9.13 Å². The molecule has 35 heavy (non-hydrogen) atoms. The number of H-pyrrole nitrogens is 1. The van der Waals surface area contributed by atoms with Crippen molar-refractivity contribution in [2.75, 3.05) is 26.3 Å². The van der Waals surface area contributed by atoms with E-state index in [2.05, 4.69) is 59.4 Å². The van der Waals surface area contributed by atoms with E-state index in [9.17, 15) is 4.39 Å². The van der Waals surface area contributed by atoms with Gasteiger partial charge >= 0.3 is 0 Å². The molecule has 5 rings (SSSR count). The Morgan fingerprint density at radius 3 is 2.86 bits per heavy atom. The molecule has 5 nitrogen and oxygen atoms in total. The minimum atomic E-state index is -0.288. The summed E-state index contributed by atoms with van der Waals surface area (Å²) >= 11 is 0. The van der Waals surface area contributed by atoms with Gasteiger partial charge in [0.15, 0.2) is 0 Å². The van der Waals surface area contributed by atoms with E-state index in [-0.39, 0.29) is 18.3 Å². The maximum absolute atomic E-state index is 12.5. The summed E-state index contributed by atoms with van der Waals surface area (Å²) in [4.78, 5) is 10.9. The Hall–Kier alpha value is -2.44. The van der Waals surface area contributed by atoms with Gasteiger partial charge in [-0.3, -0.25) is 14.6 Å². The van der Waals surface area contributed by atoms with Crippen LogP contribution in [0.4, 0.5) is 4.39 Å². The summed E-state index contributed by atoms with van der Waals surface area (Å²) in [7, 11) is 0. The Morgan fingerprint density at radius 2 is 2.06 bits per heavy atom. The molecule has 2 aliphatic heterocycles. The molecule has 1 fully saturated rings. The van der Waals surface area contributed by atoms with E-state index >= 15 is 0 Å². The molecule has 4 heterocycles. The summed E-state index contributed by atoms with van der Waals surface area (Å²) in [5.74, 6) is 0.676. The highest BCUT2D eigenvalue weighted by molar-refractivity contribution is 5.85. The topological polar surface area (TPSA) is 53.2 Å². The first kappa shape index (κ1) is 24.3. The molecule has 0 aliphatic carbocycles. The van der Waals surface area contributed by atoms with Crippen LogP contribution in [0.2, 0.25) is 0 Å². The van der Waals surface area contributed by atoms with Crippen molar-refractivity contribution in [2.45, 2.75) is 76.5 Å². The number of hydrogen-bond donors (Lipinski definition) is 2. The molecule has 3 aromatic rings. The lowest BCUT2D eigenvalue weighted by atomic mass is 9.76. The molecule has 0 radical (unpaired) electrons. The highest BCUT2D eigenvalue weighted by atomic mass is 19.1. The smallest absolute Gasteiger partial charge is 0.213 e. The molecule has 1 aromatic carbocycles. The lowest BCUT2D eigenvalue weighted by Gasteiger charge is -2.42.